The van der Waals surface area contributed by atoms with Gasteiger partial charge in [0.2, 0.25) is 0 Å². The van der Waals surface area contributed by atoms with E-state index in [-0.39, 0.29) is 6.54 Å². The lowest BCUT2D eigenvalue weighted by molar-refractivity contribution is 0.186. The van der Waals surface area contributed by atoms with Crippen LogP contribution in [0.1, 0.15) is 30.9 Å². The molecule has 4 nitrogen and oxygen atoms in total. The SMILES string of the molecule is NC[C@H](O)c1cccnc1N1CCCCC1. The van der Waals surface area contributed by atoms with Crippen LogP contribution >= 0.6 is 0 Å². The van der Waals surface area contributed by atoms with Crippen LogP contribution < -0.4 is 10.6 Å². The second-order valence-corrected chi connectivity index (χ2v) is 4.22. The fraction of sp³-hybridized carbons (Fsp3) is 0.583. The topological polar surface area (TPSA) is 62.4 Å². The van der Waals surface area contributed by atoms with Gasteiger partial charge in [0.05, 0.1) is 6.10 Å². The van der Waals surface area contributed by atoms with Gasteiger partial charge in [0.25, 0.3) is 0 Å². The first kappa shape index (κ1) is 11.4. The average molecular weight is 221 g/mol. The first-order valence-electron chi connectivity index (χ1n) is 5.91. The van der Waals surface area contributed by atoms with Crippen molar-refractivity contribution in [3.63, 3.8) is 0 Å². The fourth-order valence-electron chi connectivity index (χ4n) is 2.17. The molecule has 0 radical (unpaired) electrons. The summed E-state index contributed by atoms with van der Waals surface area (Å²) < 4.78 is 0. The second kappa shape index (κ2) is 5.27. The number of nitrogens with zero attached hydrogens (tertiary/aromatic N) is 2. The van der Waals surface area contributed by atoms with Crippen molar-refractivity contribution in [2.24, 2.45) is 5.73 Å². The molecule has 1 aliphatic rings. The van der Waals surface area contributed by atoms with E-state index in [9.17, 15) is 5.11 Å². The second-order valence-electron chi connectivity index (χ2n) is 4.22. The van der Waals surface area contributed by atoms with Gasteiger partial charge in [0.1, 0.15) is 5.82 Å². The van der Waals surface area contributed by atoms with Crippen molar-refractivity contribution in [3.8, 4) is 0 Å². The van der Waals surface area contributed by atoms with Gasteiger partial charge in [-0.05, 0) is 25.3 Å². The Morgan fingerprint density at radius 2 is 2.12 bits per heavy atom. The summed E-state index contributed by atoms with van der Waals surface area (Å²) in [6.07, 6.45) is 4.86. The zero-order chi connectivity index (χ0) is 11.4. The van der Waals surface area contributed by atoms with E-state index in [4.69, 9.17) is 5.73 Å². The predicted octanol–water partition coefficient (Wildman–Crippen LogP) is 1.06. The average Bonchev–Trinajstić information content (AvgIpc) is 2.39. The zero-order valence-electron chi connectivity index (χ0n) is 9.47. The van der Waals surface area contributed by atoms with Gasteiger partial charge in [0.15, 0.2) is 0 Å². The van der Waals surface area contributed by atoms with Crippen LogP contribution in [0.4, 0.5) is 5.82 Å². The molecule has 1 aromatic heterocycles. The summed E-state index contributed by atoms with van der Waals surface area (Å²) in [5.41, 5.74) is 6.36. The quantitative estimate of drug-likeness (QED) is 0.801. The molecule has 2 heterocycles. The molecule has 4 heteroatoms. The molecule has 16 heavy (non-hydrogen) atoms. The third-order valence-electron chi connectivity index (χ3n) is 3.05. The van der Waals surface area contributed by atoms with Crippen LogP contribution in [-0.4, -0.2) is 29.7 Å². The summed E-state index contributed by atoms with van der Waals surface area (Å²) in [6, 6.07) is 3.76. The van der Waals surface area contributed by atoms with Crippen molar-refractivity contribution < 1.29 is 5.11 Å². The Morgan fingerprint density at radius 1 is 1.38 bits per heavy atom. The highest BCUT2D eigenvalue weighted by Crippen LogP contribution is 2.25. The molecule has 0 amide bonds. The van der Waals surface area contributed by atoms with Crippen LogP contribution in [0.3, 0.4) is 0 Å². The van der Waals surface area contributed by atoms with Crippen molar-refractivity contribution >= 4 is 5.82 Å². The maximum atomic E-state index is 9.85. The molecule has 0 aliphatic carbocycles. The van der Waals surface area contributed by atoms with Gasteiger partial charge >= 0.3 is 0 Å². The standard InChI is InChI=1S/C12H19N3O/c13-9-11(16)10-5-4-6-14-12(10)15-7-2-1-3-8-15/h4-6,11,16H,1-3,7-9,13H2/t11-/m0/s1. The van der Waals surface area contributed by atoms with E-state index in [1.165, 1.54) is 19.3 Å². The number of rotatable bonds is 3. The molecule has 1 aromatic rings. The number of nitrogens with two attached hydrogens (primary N) is 1. The number of anilines is 1. The number of aliphatic hydroxyl groups is 1. The van der Waals surface area contributed by atoms with Crippen molar-refractivity contribution in [1.29, 1.82) is 0 Å². The molecular weight excluding hydrogens is 202 g/mol. The normalized spacial score (nSPS) is 18.5. The van der Waals surface area contributed by atoms with Crippen molar-refractivity contribution in [3.05, 3.63) is 23.9 Å². The number of aliphatic hydroxyl groups excluding tert-OH is 1. The number of aromatic nitrogens is 1. The highest BCUT2D eigenvalue weighted by atomic mass is 16.3. The van der Waals surface area contributed by atoms with Gasteiger partial charge in [-0.3, -0.25) is 0 Å². The summed E-state index contributed by atoms with van der Waals surface area (Å²) in [5, 5.41) is 9.85. The van der Waals surface area contributed by atoms with Gasteiger partial charge in [0, 0.05) is 31.4 Å². The first-order chi connectivity index (χ1) is 7.83. The number of hydrogen-bond acceptors (Lipinski definition) is 4. The van der Waals surface area contributed by atoms with Gasteiger partial charge < -0.3 is 15.7 Å². The Kier molecular flexibility index (Phi) is 3.74. The lowest BCUT2D eigenvalue weighted by Gasteiger charge is -2.30. The van der Waals surface area contributed by atoms with E-state index < -0.39 is 6.10 Å². The molecule has 88 valence electrons. The lowest BCUT2D eigenvalue weighted by Crippen LogP contribution is -2.31. The minimum atomic E-state index is -0.606. The first-order valence-corrected chi connectivity index (χ1v) is 5.91. The molecule has 3 N–H and O–H groups in total. The highest BCUT2D eigenvalue weighted by Gasteiger charge is 2.18. The van der Waals surface area contributed by atoms with E-state index in [1.54, 1.807) is 6.20 Å². The van der Waals surface area contributed by atoms with Gasteiger partial charge in [-0.1, -0.05) is 6.07 Å². The number of pyridine rings is 1. The Labute approximate surface area is 96.1 Å². The summed E-state index contributed by atoms with van der Waals surface area (Å²) in [6.45, 7) is 2.30. The Hall–Kier alpha value is -1.13. The highest BCUT2D eigenvalue weighted by molar-refractivity contribution is 5.48. The molecule has 1 saturated heterocycles. The van der Waals surface area contributed by atoms with Crippen LogP contribution in [0.2, 0.25) is 0 Å². The summed E-state index contributed by atoms with van der Waals surface area (Å²) in [4.78, 5) is 6.63. The van der Waals surface area contributed by atoms with Gasteiger partial charge in [-0.2, -0.15) is 0 Å². The van der Waals surface area contributed by atoms with Crippen LogP contribution in [-0.2, 0) is 0 Å². The van der Waals surface area contributed by atoms with E-state index in [0.29, 0.717) is 0 Å². The fourth-order valence-corrected chi connectivity index (χ4v) is 2.17. The molecule has 0 unspecified atom stereocenters. The lowest BCUT2D eigenvalue weighted by atomic mass is 10.1. The summed E-state index contributed by atoms with van der Waals surface area (Å²) >= 11 is 0. The van der Waals surface area contributed by atoms with Crippen LogP contribution in [0.25, 0.3) is 0 Å². The third kappa shape index (κ3) is 2.33. The number of piperidine rings is 1. The summed E-state index contributed by atoms with van der Waals surface area (Å²) in [5.74, 6) is 0.903. The van der Waals surface area contributed by atoms with E-state index >= 15 is 0 Å². The van der Waals surface area contributed by atoms with Crippen LogP contribution in [0, 0.1) is 0 Å². The Morgan fingerprint density at radius 3 is 2.81 bits per heavy atom. The van der Waals surface area contributed by atoms with E-state index in [2.05, 4.69) is 9.88 Å². The molecule has 0 saturated carbocycles. The van der Waals surface area contributed by atoms with E-state index in [0.717, 1.165) is 24.5 Å². The Balaban J connectivity index is 2.24. The molecule has 1 aliphatic heterocycles. The van der Waals surface area contributed by atoms with E-state index in [1.807, 2.05) is 12.1 Å². The zero-order valence-corrected chi connectivity index (χ0v) is 9.47. The molecule has 2 rings (SSSR count). The van der Waals surface area contributed by atoms with Gasteiger partial charge in [-0.15, -0.1) is 0 Å². The third-order valence-corrected chi connectivity index (χ3v) is 3.05. The van der Waals surface area contributed by atoms with Crippen molar-refractivity contribution in [1.82, 2.24) is 4.98 Å². The maximum absolute atomic E-state index is 9.85. The van der Waals surface area contributed by atoms with Crippen molar-refractivity contribution in [2.45, 2.75) is 25.4 Å². The van der Waals surface area contributed by atoms with Crippen molar-refractivity contribution in [2.75, 3.05) is 24.5 Å². The molecule has 1 fully saturated rings. The van der Waals surface area contributed by atoms with Crippen LogP contribution in [0.15, 0.2) is 18.3 Å². The monoisotopic (exact) mass is 221 g/mol. The predicted molar refractivity (Wildman–Crippen MR) is 64.3 cm³/mol. The Bertz CT molecular complexity index is 337. The maximum Gasteiger partial charge on any atom is 0.134 e. The van der Waals surface area contributed by atoms with Gasteiger partial charge in [-0.25, -0.2) is 4.98 Å². The smallest absolute Gasteiger partial charge is 0.134 e. The molecule has 0 aromatic carbocycles. The number of hydrogen-bond donors (Lipinski definition) is 2. The molecule has 0 bridgehead atoms. The molecule has 0 spiro atoms. The minimum Gasteiger partial charge on any atom is -0.387 e. The van der Waals surface area contributed by atoms with Crippen LogP contribution in [0.5, 0.6) is 0 Å². The molecular formula is C12H19N3O. The minimum absolute atomic E-state index is 0.243. The summed E-state index contributed by atoms with van der Waals surface area (Å²) in [7, 11) is 0. The molecule has 1 atom stereocenters. The largest absolute Gasteiger partial charge is 0.387 e.